The topological polar surface area (TPSA) is 86.1 Å². The Labute approximate surface area is 98.7 Å². The number of rotatable bonds is 4. The van der Waals surface area contributed by atoms with Crippen LogP contribution < -0.4 is 0 Å². The molecule has 0 spiro atoms. The van der Waals surface area contributed by atoms with E-state index in [2.05, 4.69) is 21.9 Å². The molecule has 0 bridgehead atoms. The summed E-state index contributed by atoms with van der Waals surface area (Å²) in [5.74, 6) is 4.74. The summed E-state index contributed by atoms with van der Waals surface area (Å²) in [6, 6.07) is 7.36. The molecule has 0 saturated heterocycles. The number of nitrogens with zero attached hydrogens (tertiary/aromatic N) is 3. The van der Waals surface area contributed by atoms with Gasteiger partial charge in [-0.15, -0.1) is 0 Å². The van der Waals surface area contributed by atoms with Crippen molar-refractivity contribution in [2.45, 2.75) is 12.8 Å². The fourth-order valence-corrected chi connectivity index (χ4v) is 1.26. The van der Waals surface area contributed by atoms with Crippen molar-refractivity contribution in [2.75, 3.05) is 6.54 Å². The third kappa shape index (κ3) is 5.26. The average molecular weight is 229 g/mol. The third-order valence-corrected chi connectivity index (χ3v) is 2.00. The quantitative estimate of drug-likeness (QED) is 0.372. The van der Waals surface area contributed by atoms with Crippen molar-refractivity contribution in [1.82, 2.24) is 0 Å². The van der Waals surface area contributed by atoms with Gasteiger partial charge in [0.1, 0.15) is 0 Å². The highest BCUT2D eigenvalue weighted by atomic mass is 16.4. The van der Waals surface area contributed by atoms with Gasteiger partial charge in [-0.2, -0.15) is 0 Å². The zero-order chi connectivity index (χ0) is 12.5. The Morgan fingerprint density at radius 1 is 1.53 bits per heavy atom. The van der Waals surface area contributed by atoms with E-state index < -0.39 is 5.97 Å². The van der Waals surface area contributed by atoms with Crippen LogP contribution in [0.25, 0.3) is 10.4 Å². The Morgan fingerprint density at radius 2 is 2.35 bits per heavy atom. The summed E-state index contributed by atoms with van der Waals surface area (Å²) in [4.78, 5) is 13.0. The van der Waals surface area contributed by atoms with E-state index in [1.165, 1.54) is 0 Å². The van der Waals surface area contributed by atoms with Crippen molar-refractivity contribution >= 4 is 5.97 Å². The molecule has 0 atom stereocenters. The van der Waals surface area contributed by atoms with Crippen molar-refractivity contribution in [2.24, 2.45) is 5.11 Å². The molecule has 1 aromatic rings. The van der Waals surface area contributed by atoms with Crippen molar-refractivity contribution in [3.05, 3.63) is 45.8 Å². The van der Waals surface area contributed by atoms with E-state index in [1.807, 2.05) is 24.3 Å². The second-order valence-electron chi connectivity index (χ2n) is 3.28. The van der Waals surface area contributed by atoms with E-state index in [0.29, 0.717) is 6.42 Å². The fourth-order valence-electron chi connectivity index (χ4n) is 1.26. The van der Waals surface area contributed by atoms with Crippen molar-refractivity contribution in [1.29, 1.82) is 0 Å². The van der Waals surface area contributed by atoms with E-state index in [-0.39, 0.29) is 13.0 Å². The van der Waals surface area contributed by atoms with E-state index in [4.69, 9.17) is 10.6 Å². The molecule has 1 rings (SSSR count). The average Bonchev–Trinajstić information content (AvgIpc) is 2.33. The van der Waals surface area contributed by atoms with Gasteiger partial charge in [0.25, 0.3) is 0 Å². The summed E-state index contributed by atoms with van der Waals surface area (Å²) >= 11 is 0. The van der Waals surface area contributed by atoms with E-state index in [0.717, 1.165) is 11.1 Å². The SMILES string of the molecule is [N-]=[N+]=NCC#Cc1cccc(CCC(=O)O)c1. The molecule has 0 heterocycles. The molecule has 0 unspecified atom stereocenters. The molecule has 0 amide bonds. The van der Waals surface area contributed by atoms with Crippen LogP contribution in [0.4, 0.5) is 0 Å². The number of carboxylic acids is 1. The molecule has 0 aliphatic heterocycles. The zero-order valence-corrected chi connectivity index (χ0v) is 9.13. The summed E-state index contributed by atoms with van der Waals surface area (Å²) in [6.45, 7) is 0.135. The first-order valence-electron chi connectivity index (χ1n) is 5.03. The molecule has 0 aliphatic carbocycles. The Balaban J connectivity index is 2.67. The maximum absolute atomic E-state index is 10.4. The summed E-state index contributed by atoms with van der Waals surface area (Å²) < 4.78 is 0. The third-order valence-electron chi connectivity index (χ3n) is 2.00. The van der Waals surface area contributed by atoms with Gasteiger partial charge in [0, 0.05) is 16.9 Å². The molecule has 1 aromatic carbocycles. The predicted octanol–water partition coefficient (Wildman–Crippen LogP) is 2.37. The molecule has 5 nitrogen and oxygen atoms in total. The highest BCUT2D eigenvalue weighted by Crippen LogP contribution is 2.06. The minimum atomic E-state index is -0.815. The number of aryl methyl sites for hydroxylation is 1. The minimum absolute atomic E-state index is 0.107. The van der Waals surface area contributed by atoms with Crippen LogP contribution in [0.5, 0.6) is 0 Å². The van der Waals surface area contributed by atoms with Crippen LogP contribution >= 0.6 is 0 Å². The summed E-state index contributed by atoms with van der Waals surface area (Å²) in [7, 11) is 0. The number of carboxylic acid groups (broad SMARTS) is 1. The van der Waals surface area contributed by atoms with E-state index >= 15 is 0 Å². The number of carbonyl (C=O) groups is 1. The normalized spacial score (nSPS) is 8.71. The van der Waals surface area contributed by atoms with Gasteiger partial charge in [-0.05, 0) is 29.6 Å². The molecule has 1 N–H and O–H groups in total. The predicted molar refractivity (Wildman–Crippen MR) is 63.3 cm³/mol. The second-order valence-corrected chi connectivity index (χ2v) is 3.28. The molecular formula is C12H11N3O2. The van der Waals surface area contributed by atoms with Crippen LogP contribution in [-0.4, -0.2) is 17.6 Å². The molecule has 0 fully saturated rings. The molecule has 0 aliphatic rings. The zero-order valence-electron chi connectivity index (χ0n) is 9.13. The first kappa shape index (κ1) is 12.6. The number of aliphatic carboxylic acids is 1. The number of azide groups is 1. The van der Waals surface area contributed by atoms with Gasteiger partial charge >= 0.3 is 5.97 Å². The summed E-state index contributed by atoms with van der Waals surface area (Å²) in [5.41, 5.74) is 9.79. The van der Waals surface area contributed by atoms with Gasteiger partial charge in [0.05, 0.1) is 6.54 Å². The maximum Gasteiger partial charge on any atom is 0.303 e. The monoisotopic (exact) mass is 229 g/mol. The standard InChI is InChI=1S/C12H11N3O2/c13-15-14-8-2-5-10-3-1-4-11(9-10)6-7-12(16)17/h1,3-4,9H,6-8H2,(H,16,17). The Bertz CT molecular complexity index is 508. The fraction of sp³-hybridized carbons (Fsp3) is 0.250. The first-order valence-corrected chi connectivity index (χ1v) is 5.03. The second kappa shape index (κ2) is 6.94. The van der Waals surface area contributed by atoms with Crippen molar-refractivity contribution < 1.29 is 9.90 Å². The van der Waals surface area contributed by atoms with Crippen LogP contribution in [0, 0.1) is 11.8 Å². The van der Waals surface area contributed by atoms with Gasteiger partial charge in [-0.25, -0.2) is 0 Å². The van der Waals surface area contributed by atoms with Crippen LogP contribution in [-0.2, 0) is 11.2 Å². The van der Waals surface area contributed by atoms with Gasteiger partial charge < -0.3 is 5.11 Å². The number of benzene rings is 1. The molecule has 0 radical (unpaired) electrons. The van der Waals surface area contributed by atoms with Crippen LogP contribution in [0.15, 0.2) is 29.4 Å². The smallest absolute Gasteiger partial charge is 0.303 e. The van der Waals surface area contributed by atoms with Gasteiger partial charge in [-0.1, -0.05) is 29.1 Å². The molecule has 5 heteroatoms. The lowest BCUT2D eigenvalue weighted by atomic mass is 10.1. The van der Waals surface area contributed by atoms with Crippen molar-refractivity contribution in [3.63, 3.8) is 0 Å². The molecule has 17 heavy (non-hydrogen) atoms. The van der Waals surface area contributed by atoms with Gasteiger partial charge in [-0.3, -0.25) is 4.79 Å². The van der Waals surface area contributed by atoms with E-state index in [1.54, 1.807) is 0 Å². The molecule has 86 valence electrons. The van der Waals surface area contributed by atoms with Gasteiger partial charge in [0.2, 0.25) is 0 Å². The minimum Gasteiger partial charge on any atom is -0.481 e. The molecule has 0 aromatic heterocycles. The highest BCUT2D eigenvalue weighted by Gasteiger charge is 1.99. The molecule has 0 saturated carbocycles. The van der Waals surface area contributed by atoms with E-state index in [9.17, 15) is 4.79 Å². The molecular weight excluding hydrogens is 218 g/mol. The maximum atomic E-state index is 10.4. The first-order chi connectivity index (χ1) is 8.22. The largest absolute Gasteiger partial charge is 0.481 e. The van der Waals surface area contributed by atoms with Crippen LogP contribution in [0.3, 0.4) is 0 Å². The Kier molecular flexibility index (Phi) is 5.15. The summed E-state index contributed by atoms with van der Waals surface area (Å²) in [5, 5.41) is 11.9. The summed E-state index contributed by atoms with van der Waals surface area (Å²) in [6.07, 6.45) is 0.594. The number of hydrogen-bond acceptors (Lipinski definition) is 2. The highest BCUT2D eigenvalue weighted by molar-refractivity contribution is 5.67. The lowest BCUT2D eigenvalue weighted by Gasteiger charge is -1.98. The lowest BCUT2D eigenvalue weighted by Crippen LogP contribution is -1.97. The Morgan fingerprint density at radius 3 is 3.06 bits per heavy atom. The van der Waals surface area contributed by atoms with Crippen molar-refractivity contribution in [3.8, 4) is 11.8 Å². The van der Waals surface area contributed by atoms with Crippen LogP contribution in [0.1, 0.15) is 17.5 Å². The lowest BCUT2D eigenvalue weighted by molar-refractivity contribution is -0.136. The number of hydrogen-bond donors (Lipinski definition) is 1. The van der Waals surface area contributed by atoms with Crippen LogP contribution in [0.2, 0.25) is 0 Å². The van der Waals surface area contributed by atoms with Gasteiger partial charge in [0.15, 0.2) is 0 Å². The Hall–Kier alpha value is -2.44.